The predicted octanol–water partition coefficient (Wildman–Crippen LogP) is 4.72. The molecule has 0 bridgehead atoms. The number of hydroxylamine groups is 1. The third-order valence-electron chi connectivity index (χ3n) is 7.13. The first kappa shape index (κ1) is 27.1. The van der Waals surface area contributed by atoms with Crippen LogP contribution in [-0.2, 0) is 24.5 Å². The molecule has 0 spiro atoms. The first-order chi connectivity index (χ1) is 20.1. The maximum Gasteiger partial charge on any atom is 0.339 e. The van der Waals surface area contributed by atoms with Gasteiger partial charge in [-0.25, -0.2) is 9.96 Å². The average Bonchev–Trinajstić information content (AvgIpc) is 3.49. The first-order valence-electron chi connectivity index (χ1n) is 12.9. The van der Waals surface area contributed by atoms with Crippen LogP contribution in [0.2, 0.25) is 0 Å². The summed E-state index contributed by atoms with van der Waals surface area (Å²) < 4.78 is 30.7. The molecule has 3 atom stereocenters. The highest BCUT2D eigenvalue weighted by Crippen LogP contribution is 2.48. The minimum Gasteiger partial charge on any atom is -0.379 e. The molecule has 42 heavy (non-hydrogen) atoms. The van der Waals surface area contributed by atoms with Crippen molar-refractivity contribution < 1.29 is 32.0 Å². The Hall–Kier alpha value is -5.07. The van der Waals surface area contributed by atoms with Gasteiger partial charge in [-0.2, -0.15) is 8.42 Å². The number of carbonyl (C=O) groups excluding carboxylic acids is 2. The Morgan fingerprint density at radius 3 is 2.21 bits per heavy atom. The fourth-order valence-electron chi connectivity index (χ4n) is 5.22. The highest BCUT2D eigenvalue weighted by Gasteiger charge is 2.60. The van der Waals surface area contributed by atoms with Crippen LogP contribution in [0.5, 0.6) is 5.75 Å². The van der Waals surface area contributed by atoms with E-state index in [4.69, 9.17) is 9.02 Å². The molecule has 6 rings (SSSR count). The van der Waals surface area contributed by atoms with E-state index in [1.54, 1.807) is 54.6 Å². The summed E-state index contributed by atoms with van der Waals surface area (Å²) in [5.41, 5.74) is 1.87. The third-order valence-corrected chi connectivity index (χ3v) is 8.39. The van der Waals surface area contributed by atoms with E-state index in [1.807, 2.05) is 13.0 Å². The summed E-state index contributed by atoms with van der Waals surface area (Å²) in [4.78, 5) is 45.5. The molecule has 0 aliphatic carbocycles. The molecule has 2 amide bonds. The topological polar surface area (TPSA) is 136 Å². The number of rotatable bonds is 7. The second-order valence-corrected chi connectivity index (χ2v) is 11.4. The van der Waals surface area contributed by atoms with Crippen LogP contribution < -0.4 is 14.1 Å². The standard InChI is InChI=1S/C30H23N3O8S/c1-19-7-5-8-21(17-19)31-29(34)26-27(32(40-28(26)30(31)35)22-9-6-10-23(18-22)33(36)37)20-13-15-24(16-14-20)41-42(38,39)25-11-3-2-4-12-25/h2-18,26-28H,1H3. The molecule has 2 saturated heterocycles. The monoisotopic (exact) mass is 585 g/mol. The second kappa shape index (κ2) is 10.4. The smallest absolute Gasteiger partial charge is 0.339 e. The minimum absolute atomic E-state index is 0.00994. The number of hydrogen-bond acceptors (Lipinski definition) is 9. The second-order valence-electron chi connectivity index (χ2n) is 9.87. The fraction of sp³-hybridized carbons (Fsp3) is 0.133. The Morgan fingerprint density at radius 2 is 1.52 bits per heavy atom. The molecule has 2 aliphatic rings. The van der Waals surface area contributed by atoms with Crippen molar-refractivity contribution in [1.82, 2.24) is 0 Å². The number of anilines is 2. The molecule has 2 aliphatic heterocycles. The molecule has 2 fully saturated rings. The van der Waals surface area contributed by atoms with Gasteiger partial charge in [0.05, 0.1) is 22.3 Å². The van der Waals surface area contributed by atoms with Gasteiger partial charge in [0.25, 0.3) is 11.6 Å². The highest BCUT2D eigenvalue weighted by atomic mass is 32.2. The third kappa shape index (κ3) is 4.76. The van der Waals surface area contributed by atoms with Crippen molar-refractivity contribution in [2.45, 2.75) is 24.0 Å². The molecule has 0 aromatic heterocycles. The van der Waals surface area contributed by atoms with E-state index in [1.165, 1.54) is 47.5 Å². The molecule has 212 valence electrons. The summed E-state index contributed by atoms with van der Waals surface area (Å²) in [6.07, 6.45) is -1.18. The van der Waals surface area contributed by atoms with E-state index in [0.29, 0.717) is 11.3 Å². The molecule has 12 heteroatoms. The van der Waals surface area contributed by atoms with Crippen molar-refractivity contribution in [2.75, 3.05) is 9.96 Å². The maximum absolute atomic E-state index is 13.8. The zero-order valence-corrected chi connectivity index (χ0v) is 22.9. The van der Waals surface area contributed by atoms with Crippen LogP contribution in [0, 0.1) is 23.0 Å². The number of carbonyl (C=O) groups is 2. The van der Waals surface area contributed by atoms with Crippen LogP contribution >= 0.6 is 0 Å². The van der Waals surface area contributed by atoms with Crippen molar-refractivity contribution in [3.8, 4) is 5.75 Å². The normalized spacial score (nSPS) is 20.1. The Balaban J connectivity index is 1.38. The molecule has 4 aromatic rings. The van der Waals surface area contributed by atoms with Crippen LogP contribution in [0.4, 0.5) is 17.1 Å². The average molecular weight is 586 g/mol. The van der Waals surface area contributed by atoms with Crippen LogP contribution in [0.25, 0.3) is 0 Å². The number of nitro benzene ring substituents is 1. The van der Waals surface area contributed by atoms with Crippen molar-refractivity contribution in [1.29, 1.82) is 0 Å². The zero-order chi connectivity index (χ0) is 29.6. The molecule has 11 nitrogen and oxygen atoms in total. The summed E-state index contributed by atoms with van der Waals surface area (Å²) in [6, 6.07) is 25.5. The van der Waals surface area contributed by atoms with Gasteiger partial charge in [0.15, 0.2) is 6.10 Å². The lowest BCUT2D eigenvalue weighted by molar-refractivity contribution is -0.384. The van der Waals surface area contributed by atoms with Crippen molar-refractivity contribution in [2.24, 2.45) is 5.92 Å². The summed E-state index contributed by atoms with van der Waals surface area (Å²) in [6.45, 7) is 1.85. The Bertz CT molecular complexity index is 1810. The van der Waals surface area contributed by atoms with E-state index < -0.39 is 44.9 Å². The molecule has 0 radical (unpaired) electrons. The van der Waals surface area contributed by atoms with Gasteiger partial charge in [-0.15, -0.1) is 0 Å². The number of nitrogens with zero attached hydrogens (tertiary/aromatic N) is 3. The molecule has 3 unspecified atom stereocenters. The number of fused-ring (bicyclic) bond motifs is 1. The summed E-state index contributed by atoms with van der Waals surface area (Å²) in [5.74, 6) is -1.99. The van der Waals surface area contributed by atoms with Gasteiger partial charge in [0.1, 0.15) is 16.6 Å². The van der Waals surface area contributed by atoms with Crippen molar-refractivity contribution in [3.05, 3.63) is 124 Å². The zero-order valence-electron chi connectivity index (χ0n) is 22.1. The van der Waals surface area contributed by atoms with E-state index in [-0.39, 0.29) is 22.0 Å². The van der Waals surface area contributed by atoms with Crippen LogP contribution in [0.1, 0.15) is 17.2 Å². The van der Waals surface area contributed by atoms with E-state index in [9.17, 15) is 28.1 Å². The number of nitro groups is 1. The predicted molar refractivity (Wildman–Crippen MR) is 151 cm³/mol. The molecular formula is C30H23N3O8S. The molecular weight excluding hydrogens is 562 g/mol. The van der Waals surface area contributed by atoms with Crippen LogP contribution in [0.15, 0.2) is 108 Å². The van der Waals surface area contributed by atoms with Crippen LogP contribution in [0.3, 0.4) is 0 Å². The largest absolute Gasteiger partial charge is 0.379 e. The summed E-state index contributed by atoms with van der Waals surface area (Å²) >= 11 is 0. The van der Waals surface area contributed by atoms with Gasteiger partial charge >= 0.3 is 10.1 Å². The summed E-state index contributed by atoms with van der Waals surface area (Å²) in [5, 5.41) is 12.8. The van der Waals surface area contributed by atoms with Gasteiger partial charge in [-0.05, 0) is 60.5 Å². The number of hydrogen-bond donors (Lipinski definition) is 0. The lowest BCUT2D eigenvalue weighted by Crippen LogP contribution is -2.37. The quantitative estimate of drug-likeness (QED) is 0.131. The van der Waals surface area contributed by atoms with Gasteiger partial charge in [0, 0.05) is 12.1 Å². The lowest BCUT2D eigenvalue weighted by Gasteiger charge is -2.28. The molecule has 2 heterocycles. The van der Waals surface area contributed by atoms with E-state index >= 15 is 0 Å². The van der Waals surface area contributed by atoms with Crippen LogP contribution in [-0.4, -0.2) is 31.3 Å². The van der Waals surface area contributed by atoms with Crippen molar-refractivity contribution in [3.63, 3.8) is 0 Å². The number of amides is 2. The van der Waals surface area contributed by atoms with Gasteiger partial charge < -0.3 is 4.18 Å². The fourth-order valence-corrected chi connectivity index (χ4v) is 6.18. The molecule has 0 N–H and O–H groups in total. The number of non-ortho nitro benzene ring substituents is 1. The Morgan fingerprint density at radius 1 is 0.833 bits per heavy atom. The molecule has 4 aromatic carbocycles. The number of imide groups is 1. The van der Waals surface area contributed by atoms with E-state index in [0.717, 1.165) is 10.5 Å². The number of benzene rings is 4. The molecule has 0 saturated carbocycles. The Kier molecular flexibility index (Phi) is 6.71. The van der Waals surface area contributed by atoms with E-state index in [2.05, 4.69) is 0 Å². The van der Waals surface area contributed by atoms with Gasteiger partial charge in [0.2, 0.25) is 5.91 Å². The van der Waals surface area contributed by atoms with Gasteiger partial charge in [-0.1, -0.05) is 48.5 Å². The first-order valence-corrected chi connectivity index (χ1v) is 14.3. The summed E-state index contributed by atoms with van der Waals surface area (Å²) in [7, 11) is -4.09. The van der Waals surface area contributed by atoms with Crippen molar-refractivity contribution >= 4 is 39.0 Å². The maximum atomic E-state index is 13.8. The Labute approximate surface area is 240 Å². The van der Waals surface area contributed by atoms with Gasteiger partial charge in [-0.3, -0.25) is 24.5 Å². The lowest BCUT2D eigenvalue weighted by atomic mass is 9.90. The minimum atomic E-state index is -4.09. The SMILES string of the molecule is Cc1cccc(N2C(=O)C3ON(c4cccc([N+](=O)[O-])c4)C(c4ccc(OS(=O)(=O)c5ccccc5)cc4)C3C2=O)c1. The number of aryl methyl sites for hydroxylation is 1. The highest BCUT2D eigenvalue weighted by molar-refractivity contribution is 7.87.